The molecule has 9 heteroatoms. The fourth-order valence-electron chi connectivity index (χ4n) is 2.68. The Morgan fingerprint density at radius 1 is 1.08 bits per heavy atom. The SMILES string of the molecule is O=C(Cc1ccc(S(=O)(=O)N2CCCCC2)s1)NCc1ccc(Cl)s1. The number of nitrogens with one attached hydrogen (secondary N) is 1. The normalized spacial score (nSPS) is 16.0. The van der Waals surface area contributed by atoms with Crippen molar-refractivity contribution in [3.05, 3.63) is 38.4 Å². The number of piperidine rings is 1. The van der Waals surface area contributed by atoms with Crippen molar-refractivity contribution in [3.63, 3.8) is 0 Å². The molecule has 1 amide bonds. The molecule has 136 valence electrons. The molecule has 1 aliphatic heterocycles. The molecule has 0 spiro atoms. The van der Waals surface area contributed by atoms with E-state index < -0.39 is 10.0 Å². The van der Waals surface area contributed by atoms with Gasteiger partial charge in [0.15, 0.2) is 0 Å². The third kappa shape index (κ3) is 4.83. The maximum absolute atomic E-state index is 12.6. The van der Waals surface area contributed by atoms with Crippen LogP contribution in [0.15, 0.2) is 28.5 Å². The first kappa shape index (κ1) is 18.8. The number of halogens is 1. The molecule has 0 bridgehead atoms. The summed E-state index contributed by atoms with van der Waals surface area (Å²) in [6.45, 7) is 1.60. The number of rotatable bonds is 6. The van der Waals surface area contributed by atoms with Gasteiger partial charge in [-0.15, -0.1) is 22.7 Å². The summed E-state index contributed by atoms with van der Waals surface area (Å²) in [5, 5.41) is 2.83. The molecule has 0 aliphatic carbocycles. The maximum atomic E-state index is 12.6. The Kier molecular flexibility index (Phi) is 6.17. The van der Waals surface area contributed by atoms with Gasteiger partial charge in [-0.3, -0.25) is 4.79 Å². The first-order chi connectivity index (χ1) is 11.9. The van der Waals surface area contributed by atoms with Crippen molar-refractivity contribution in [2.24, 2.45) is 0 Å². The Labute approximate surface area is 160 Å². The standard InChI is InChI=1S/C16H19ClN2O3S3/c17-14-6-4-13(23-14)11-18-15(20)10-12-5-7-16(24-12)25(21,22)19-8-2-1-3-9-19/h4-7H,1-3,8-11H2,(H,18,20). The number of hydrogen-bond acceptors (Lipinski definition) is 5. The van der Waals surface area contributed by atoms with Crippen molar-refractivity contribution >= 4 is 50.2 Å². The van der Waals surface area contributed by atoms with E-state index >= 15 is 0 Å². The number of hydrogen-bond donors (Lipinski definition) is 1. The van der Waals surface area contributed by atoms with E-state index in [4.69, 9.17) is 11.6 Å². The van der Waals surface area contributed by atoms with E-state index in [1.807, 2.05) is 6.07 Å². The molecule has 2 aromatic heterocycles. The number of nitrogens with zero attached hydrogens (tertiary/aromatic N) is 1. The van der Waals surface area contributed by atoms with Crippen LogP contribution in [0.5, 0.6) is 0 Å². The molecule has 5 nitrogen and oxygen atoms in total. The lowest BCUT2D eigenvalue weighted by molar-refractivity contribution is -0.120. The van der Waals surface area contributed by atoms with Crippen molar-refractivity contribution < 1.29 is 13.2 Å². The van der Waals surface area contributed by atoms with E-state index in [0.29, 0.717) is 28.2 Å². The van der Waals surface area contributed by atoms with Crippen LogP contribution in [-0.2, 0) is 27.8 Å². The van der Waals surface area contributed by atoms with Gasteiger partial charge in [0.2, 0.25) is 5.91 Å². The molecule has 0 aromatic carbocycles. The Hall–Kier alpha value is -0.930. The number of carbonyl (C=O) groups is 1. The smallest absolute Gasteiger partial charge is 0.252 e. The van der Waals surface area contributed by atoms with Crippen molar-refractivity contribution in [1.82, 2.24) is 9.62 Å². The molecule has 3 heterocycles. The monoisotopic (exact) mass is 418 g/mol. The van der Waals surface area contributed by atoms with Crippen LogP contribution in [0.4, 0.5) is 0 Å². The molecule has 0 unspecified atom stereocenters. The second-order valence-electron chi connectivity index (χ2n) is 5.84. The van der Waals surface area contributed by atoms with E-state index in [1.165, 1.54) is 22.7 Å². The van der Waals surface area contributed by atoms with Gasteiger partial charge in [0.25, 0.3) is 10.0 Å². The summed E-state index contributed by atoms with van der Waals surface area (Å²) >= 11 is 8.47. The average molecular weight is 419 g/mol. The van der Waals surface area contributed by atoms with Gasteiger partial charge >= 0.3 is 0 Å². The lowest BCUT2D eigenvalue weighted by atomic mass is 10.2. The van der Waals surface area contributed by atoms with Gasteiger partial charge < -0.3 is 5.32 Å². The summed E-state index contributed by atoms with van der Waals surface area (Å²) in [7, 11) is -3.42. The van der Waals surface area contributed by atoms with Gasteiger partial charge in [0.1, 0.15) is 4.21 Å². The largest absolute Gasteiger partial charge is 0.351 e. The lowest BCUT2D eigenvalue weighted by Gasteiger charge is -2.25. The highest BCUT2D eigenvalue weighted by Gasteiger charge is 2.27. The zero-order valence-corrected chi connectivity index (χ0v) is 16.7. The first-order valence-electron chi connectivity index (χ1n) is 8.05. The summed E-state index contributed by atoms with van der Waals surface area (Å²) < 4.78 is 27.8. The number of sulfonamides is 1. The molecule has 2 aromatic rings. The molecule has 25 heavy (non-hydrogen) atoms. The summed E-state index contributed by atoms with van der Waals surface area (Å²) in [6, 6.07) is 7.01. The van der Waals surface area contributed by atoms with Crippen LogP contribution in [0, 0.1) is 0 Å². The highest BCUT2D eigenvalue weighted by molar-refractivity contribution is 7.91. The van der Waals surface area contributed by atoms with Crippen molar-refractivity contribution in [2.75, 3.05) is 13.1 Å². The molecule has 0 atom stereocenters. The topological polar surface area (TPSA) is 66.5 Å². The molecule has 1 aliphatic rings. The lowest BCUT2D eigenvalue weighted by Crippen LogP contribution is -2.35. The Morgan fingerprint density at radius 2 is 1.80 bits per heavy atom. The Balaban J connectivity index is 1.58. The molecular weight excluding hydrogens is 400 g/mol. The molecule has 1 N–H and O–H groups in total. The van der Waals surface area contributed by atoms with Gasteiger partial charge in [-0.1, -0.05) is 18.0 Å². The summed E-state index contributed by atoms with van der Waals surface area (Å²) in [6.07, 6.45) is 3.08. The van der Waals surface area contributed by atoms with Gasteiger partial charge in [0, 0.05) is 22.8 Å². The molecular formula is C16H19ClN2O3S3. The third-order valence-corrected chi connectivity index (χ3v) is 8.65. The van der Waals surface area contributed by atoms with Crippen molar-refractivity contribution in [1.29, 1.82) is 0 Å². The Bertz CT molecular complexity index is 838. The number of carbonyl (C=O) groups excluding carboxylic acids is 1. The summed E-state index contributed by atoms with van der Waals surface area (Å²) in [4.78, 5) is 13.8. The van der Waals surface area contributed by atoms with Crippen molar-refractivity contribution in [2.45, 2.75) is 36.4 Å². The second-order valence-corrected chi connectivity index (χ2v) is 11.0. The molecule has 1 fully saturated rings. The fourth-order valence-corrected chi connectivity index (χ4v) is 6.73. The fraction of sp³-hybridized carbons (Fsp3) is 0.438. The van der Waals surface area contributed by atoms with Gasteiger partial charge in [-0.2, -0.15) is 4.31 Å². The van der Waals surface area contributed by atoms with E-state index in [0.717, 1.165) is 29.0 Å². The van der Waals surface area contributed by atoms with Crippen LogP contribution >= 0.6 is 34.3 Å². The number of amides is 1. The molecule has 3 rings (SSSR count). The minimum atomic E-state index is -3.42. The van der Waals surface area contributed by atoms with E-state index in [-0.39, 0.29) is 12.3 Å². The Morgan fingerprint density at radius 3 is 2.48 bits per heavy atom. The van der Waals surface area contributed by atoms with Crippen LogP contribution in [0.2, 0.25) is 4.34 Å². The zero-order valence-electron chi connectivity index (χ0n) is 13.5. The summed E-state index contributed by atoms with van der Waals surface area (Å²) in [5.74, 6) is -0.131. The van der Waals surface area contributed by atoms with Crippen LogP contribution in [0.1, 0.15) is 29.0 Å². The predicted octanol–water partition coefficient (Wildman–Crippen LogP) is 3.50. The average Bonchev–Trinajstić information content (AvgIpc) is 3.23. The van der Waals surface area contributed by atoms with Crippen LogP contribution in [0.25, 0.3) is 0 Å². The number of thiophene rings is 2. The second kappa shape index (κ2) is 8.18. The molecule has 0 radical (unpaired) electrons. The highest BCUT2D eigenvalue weighted by atomic mass is 35.5. The van der Waals surface area contributed by atoms with E-state index in [2.05, 4.69) is 5.32 Å². The molecule has 0 saturated carbocycles. The van der Waals surface area contributed by atoms with Crippen LogP contribution < -0.4 is 5.32 Å². The van der Waals surface area contributed by atoms with Gasteiger partial charge in [0.05, 0.1) is 17.3 Å². The third-order valence-electron chi connectivity index (χ3n) is 3.97. The summed E-state index contributed by atoms with van der Waals surface area (Å²) in [5.41, 5.74) is 0. The molecule has 1 saturated heterocycles. The van der Waals surface area contributed by atoms with Crippen LogP contribution in [0.3, 0.4) is 0 Å². The van der Waals surface area contributed by atoms with E-state index in [1.54, 1.807) is 22.5 Å². The first-order valence-corrected chi connectivity index (χ1v) is 11.5. The minimum absolute atomic E-state index is 0.131. The van der Waals surface area contributed by atoms with Crippen LogP contribution in [-0.4, -0.2) is 31.7 Å². The highest BCUT2D eigenvalue weighted by Crippen LogP contribution is 2.27. The maximum Gasteiger partial charge on any atom is 0.252 e. The van der Waals surface area contributed by atoms with E-state index in [9.17, 15) is 13.2 Å². The van der Waals surface area contributed by atoms with Gasteiger partial charge in [-0.05, 0) is 37.1 Å². The zero-order chi connectivity index (χ0) is 17.9. The van der Waals surface area contributed by atoms with Crippen molar-refractivity contribution in [3.8, 4) is 0 Å². The predicted molar refractivity (Wildman–Crippen MR) is 102 cm³/mol. The minimum Gasteiger partial charge on any atom is -0.351 e. The van der Waals surface area contributed by atoms with Gasteiger partial charge in [-0.25, -0.2) is 8.42 Å². The quantitative estimate of drug-likeness (QED) is 0.780.